The summed E-state index contributed by atoms with van der Waals surface area (Å²) < 4.78 is 1.58. The Labute approximate surface area is 124 Å². The molecule has 0 radical (unpaired) electrons. The van der Waals surface area contributed by atoms with E-state index in [9.17, 15) is 9.90 Å². The molecule has 1 unspecified atom stereocenters. The lowest BCUT2D eigenvalue weighted by Crippen LogP contribution is -2.33. The maximum Gasteiger partial charge on any atom is 0.252 e. The fourth-order valence-corrected chi connectivity index (χ4v) is 2.39. The maximum atomic E-state index is 11.9. The van der Waals surface area contributed by atoms with Gasteiger partial charge in [0, 0.05) is 15.5 Å². The van der Waals surface area contributed by atoms with E-state index in [4.69, 9.17) is 0 Å². The van der Waals surface area contributed by atoms with Crippen molar-refractivity contribution < 1.29 is 9.90 Å². The van der Waals surface area contributed by atoms with E-state index in [1.54, 1.807) is 6.07 Å². The molecule has 1 amide bonds. The minimum atomic E-state index is -0.500. The first-order chi connectivity index (χ1) is 8.40. The van der Waals surface area contributed by atoms with E-state index in [0.29, 0.717) is 17.9 Å². The average Bonchev–Trinajstić information content (AvgIpc) is 2.28. The van der Waals surface area contributed by atoms with Crippen molar-refractivity contribution in [1.82, 2.24) is 5.32 Å². The van der Waals surface area contributed by atoms with E-state index in [1.165, 1.54) is 0 Å². The van der Waals surface area contributed by atoms with E-state index in [0.717, 1.165) is 8.95 Å². The van der Waals surface area contributed by atoms with Gasteiger partial charge in [-0.1, -0.05) is 29.8 Å². The topological polar surface area (TPSA) is 49.3 Å². The van der Waals surface area contributed by atoms with Gasteiger partial charge in [0.1, 0.15) is 0 Å². The Hall–Kier alpha value is -0.390. The third-order valence-electron chi connectivity index (χ3n) is 2.41. The van der Waals surface area contributed by atoms with Gasteiger partial charge in [0.15, 0.2) is 0 Å². The van der Waals surface area contributed by atoms with Gasteiger partial charge >= 0.3 is 0 Å². The molecule has 0 heterocycles. The van der Waals surface area contributed by atoms with Gasteiger partial charge in [0.25, 0.3) is 5.91 Å². The molecule has 3 nitrogen and oxygen atoms in total. The van der Waals surface area contributed by atoms with Crippen LogP contribution in [0.3, 0.4) is 0 Å². The molecule has 0 aliphatic heterocycles. The molecule has 1 atom stereocenters. The average molecular weight is 379 g/mol. The second kappa shape index (κ2) is 7.26. The number of carbonyl (C=O) groups excluding carboxylic acids is 1. The van der Waals surface area contributed by atoms with Gasteiger partial charge < -0.3 is 10.4 Å². The molecule has 18 heavy (non-hydrogen) atoms. The molecule has 0 bridgehead atoms. The summed E-state index contributed by atoms with van der Waals surface area (Å²) >= 11 is 6.66. The molecule has 0 saturated heterocycles. The summed E-state index contributed by atoms with van der Waals surface area (Å²) in [6.45, 7) is 4.35. The number of amides is 1. The molecule has 1 aromatic rings. The Morgan fingerprint density at radius 1 is 1.39 bits per heavy atom. The van der Waals surface area contributed by atoms with Gasteiger partial charge in [0.2, 0.25) is 0 Å². The highest BCUT2D eigenvalue weighted by atomic mass is 79.9. The van der Waals surface area contributed by atoms with Gasteiger partial charge in [-0.3, -0.25) is 4.79 Å². The normalized spacial score (nSPS) is 12.6. The fraction of sp³-hybridized carbons (Fsp3) is 0.462. The molecule has 0 aliphatic carbocycles. The summed E-state index contributed by atoms with van der Waals surface area (Å²) in [7, 11) is 0. The van der Waals surface area contributed by atoms with Crippen LogP contribution in [0.4, 0.5) is 0 Å². The van der Waals surface area contributed by atoms with E-state index in [2.05, 4.69) is 37.2 Å². The molecule has 0 saturated carbocycles. The minimum Gasteiger partial charge on any atom is -0.391 e. The Kier molecular flexibility index (Phi) is 6.32. The van der Waals surface area contributed by atoms with Crippen molar-refractivity contribution in [2.75, 3.05) is 6.54 Å². The smallest absolute Gasteiger partial charge is 0.252 e. The second-order valence-corrected chi connectivity index (χ2v) is 6.39. The van der Waals surface area contributed by atoms with Crippen molar-refractivity contribution in [3.8, 4) is 0 Å². The van der Waals surface area contributed by atoms with Crippen LogP contribution in [0.25, 0.3) is 0 Å². The van der Waals surface area contributed by atoms with Crippen LogP contribution in [0.15, 0.2) is 27.1 Å². The number of benzene rings is 1. The Bertz CT molecular complexity index is 421. The lowest BCUT2D eigenvalue weighted by molar-refractivity contribution is 0.0899. The molecule has 0 spiro atoms. The van der Waals surface area contributed by atoms with Crippen molar-refractivity contribution >= 4 is 37.8 Å². The van der Waals surface area contributed by atoms with Gasteiger partial charge in [-0.2, -0.15) is 0 Å². The first kappa shape index (κ1) is 15.7. The van der Waals surface area contributed by atoms with E-state index < -0.39 is 6.10 Å². The van der Waals surface area contributed by atoms with Gasteiger partial charge in [0.05, 0.1) is 11.7 Å². The lowest BCUT2D eigenvalue weighted by atomic mass is 10.1. The van der Waals surface area contributed by atoms with Crippen LogP contribution in [0.2, 0.25) is 0 Å². The zero-order valence-electron chi connectivity index (χ0n) is 10.4. The van der Waals surface area contributed by atoms with Crippen molar-refractivity contribution in [3.63, 3.8) is 0 Å². The van der Waals surface area contributed by atoms with E-state index in [-0.39, 0.29) is 12.5 Å². The van der Waals surface area contributed by atoms with E-state index in [1.807, 2.05) is 26.0 Å². The zero-order valence-corrected chi connectivity index (χ0v) is 13.6. The number of aliphatic hydroxyl groups is 1. The molecule has 2 N–H and O–H groups in total. The quantitative estimate of drug-likeness (QED) is 0.825. The summed E-state index contributed by atoms with van der Waals surface area (Å²) in [6.07, 6.45) is 0.180. The lowest BCUT2D eigenvalue weighted by Gasteiger charge is -2.14. The molecule has 100 valence electrons. The van der Waals surface area contributed by atoms with Crippen molar-refractivity contribution in [1.29, 1.82) is 0 Å². The van der Waals surface area contributed by atoms with Gasteiger partial charge in [-0.05, 0) is 46.5 Å². The number of nitrogens with one attached hydrogen (secondary N) is 1. The number of carbonyl (C=O) groups is 1. The standard InChI is InChI=1S/C13H17Br2NO2/c1-8(2)5-10(17)7-16-13(18)11-6-9(14)3-4-12(11)15/h3-4,6,8,10,17H,5,7H2,1-2H3,(H,16,18). The molecule has 1 aromatic carbocycles. The first-order valence-corrected chi connectivity index (χ1v) is 7.40. The molecule has 0 aromatic heterocycles. The molecular formula is C13H17Br2NO2. The third-order valence-corrected chi connectivity index (χ3v) is 3.60. The number of rotatable bonds is 5. The second-order valence-electron chi connectivity index (χ2n) is 4.62. The number of hydrogen-bond acceptors (Lipinski definition) is 2. The highest BCUT2D eigenvalue weighted by Gasteiger charge is 2.13. The third kappa shape index (κ3) is 5.08. The summed E-state index contributed by atoms with van der Waals surface area (Å²) in [5, 5.41) is 12.4. The summed E-state index contributed by atoms with van der Waals surface area (Å²) in [4.78, 5) is 11.9. The van der Waals surface area contributed by atoms with Crippen LogP contribution in [0.5, 0.6) is 0 Å². The van der Waals surface area contributed by atoms with Gasteiger partial charge in [-0.25, -0.2) is 0 Å². The summed E-state index contributed by atoms with van der Waals surface area (Å²) in [5.41, 5.74) is 0.557. The predicted octanol–water partition coefficient (Wildman–Crippen LogP) is 3.35. The van der Waals surface area contributed by atoms with Crippen molar-refractivity contribution in [2.45, 2.75) is 26.4 Å². The van der Waals surface area contributed by atoms with Crippen LogP contribution < -0.4 is 5.32 Å². The molecule has 5 heteroatoms. The van der Waals surface area contributed by atoms with E-state index >= 15 is 0 Å². The van der Waals surface area contributed by atoms with Crippen LogP contribution in [-0.4, -0.2) is 23.7 Å². The van der Waals surface area contributed by atoms with Crippen LogP contribution in [-0.2, 0) is 0 Å². The zero-order chi connectivity index (χ0) is 13.7. The number of halogens is 2. The summed E-state index contributed by atoms with van der Waals surface area (Å²) in [5.74, 6) is 0.223. The van der Waals surface area contributed by atoms with Crippen molar-refractivity contribution in [2.24, 2.45) is 5.92 Å². The number of aliphatic hydroxyl groups excluding tert-OH is 1. The molecule has 1 rings (SSSR count). The Morgan fingerprint density at radius 2 is 2.06 bits per heavy atom. The van der Waals surface area contributed by atoms with Crippen LogP contribution in [0, 0.1) is 5.92 Å². The minimum absolute atomic E-state index is 0.189. The summed E-state index contributed by atoms with van der Waals surface area (Å²) in [6, 6.07) is 5.41. The fourth-order valence-electron chi connectivity index (χ4n) is 1.60. The number of hydrogen-bond donors (Lipinski definition) is 2. The highest BCUT2D eigenvalue weighted by molar-refractivity contribution is 9.11. The maximum absolute atomic E-state index is 11.9. The SMILES string of the molecule is CC(C)CC(O)CNC(=O)c1cc(Br)ccc1Br. The monoisotopic (exact) mass is 377 g/mol. The molecule has 0 fully saturated rings. The molecule has 0 aliphatic rings. The van der Waals surface area contributed by atoms with Crippen LogP contribution in [0.1, 0.15) is 30.6 Å². The Morgan fingerprint density at radius 3 is 2.67 bits per heavy atom. The highest BCUT2D eigenvalue weighted by Crippen LogP contribution is 2.21. The largest absolute Gasteiger partial charge is 0.391 e. The van der Waals surface area contributed by atoms with Crippen LogP contribution >= 0.6 is 31.9 Å². The first-order valence-electron chi connectivity index (χ1n) is 5.81. The molecular weight excluding hydrogens is 362 g/mol. The Balaban J connectivity index is 2.58. The van der Waals surface area contributed by atoms with Crippen molar-refractivity contribution in [3.05, 3.63) is 32.7 Å². The predicted molar refractivity (Wildman–Crippen MR) is 79.6 cm³/mol. The van der Waals surface area contributed by atoms with Gasteiger partial charge in [-0.15, -0.1) is 0 Å².